The molecular formula is C37H68O4Si2. The summed E-state index contributed by atoms with van der Waals surface area (Å²) in [5, 5.41) is 0.368. The van der Waals surface area contributed by atoms with E-state index in [2.05, 4.69) is 117 Å². The highest BCUT2D eigenvalue weighted by molar-refractivity contribution is 6.74. The summed E-state index contributed by atoms with van der Waals surface area (Å²) >= 11 is 0. The molecule has 0 bridgehead atoms. The maximum absolute atomic E-state index is 7.03. The van der Waals surface area contributed by atoms with Crippen molar-refractivity contribution in [3.8, 4) is 0 Å². The number of allylic oxidation sites excluding steroid dienone is 2. The second-order valence-electron chi connectivity index (χ2n) is 15.8. The first kappa shape index (κ1) is 38.4. The fourth-order valence-electron chi connectivity index (χ4n) is 5.10. The van der Waals surface area contributed by atoms with E-state index < -0.39 is 16.6 Å². The molecule has 248 valence electrons. The topological polar surface area (TPSA) is 36.9 Å². The van der Waals surface area contributed by atoms with E-state index >= 15 is 0 Å². The standard InChI is InChI=1S/C37H68O4Si2/c1-12-13-14-15-16-17-18-22-25-33-35(41-43(10,11)37(5,6)7)27-26-34(40-33)32(38-30-31-23-20-19-21-24-31)28-29-39-42(8,9)36(2,3)4/h17-21,23-24,32-35H,12-16,22,25-30H2,1-11H3/b18-17-/t32-,33-,34-,35+/m0/s1. The molecule has 1 heterocycles. The van der Waals surface area contributed by atoms with E-state index in [1.54, 1.807) is 0 Å². The van der Waals surface area contributed by atoms with Crippen molar-refractivity contribution in [3.63, 3.8) is 0 Å². The second-order valence-corrected chi connectivity index (χ2v) is 25.4. The van der Waals surface area contributed by atoms with Gasteiger partial charge in [0.25, 0.3) is 0 Å². The lowest BCUT2D eigenvalue weighted by molar-refractivity contribution is -0.167. The Morgan fingerprint density at radius 3 is 2.14 bits per heavy atom. The van der Waals surface area contributed by atoms with Gasteiger partial charge in [-0.2, -0.15) is 0 Å². The molecule has 0 N–H and O–H groups in total. The first-order valence-corrected chi connectivity index (χ1v) is 23.2. The third-order valence-corrected chi connectivity index (χ3v) is 19.2. The Labute approximate surface area is 269 Å². The summed E-state index contributed by atoms with van der Waals surface area (Å²) in [6, 6.07) is 10.5. The van der Waals surface area contributed by atoms with Crippen molar-refractivity contribution in [2.45, 2.75) is 180 Å². The van der Waals surface area contributed by atoms with E-state index in [9.17, 15) is 0 Å². The lowest BCUT2D eigenvalue weighted by Gasteiger charge is -2.45. The maximum Gasteiger partial charge on any atom is 0.192 e. The number of ether oxygens (including phenoxy) is 2. The first-order valence-electron chi connectivity index (χ1n) is 17.3. The summed E-state index contributed by atoms with van der Waals surface area (Å²) in [6.07, 6.45) is 16.3. The molecule has 0 aliphatic carbocycles. The molecule has 0 amide bonds. The van der Waals surface area contributed by atoms with Crippen molar-refractivity contribution < 1.29 is 18.3 Å². The first-order chi connectivity index (χ1) is 20.1. The van der Waals surface area contributed by atoms with E-state index in [0.717, 1.165) is 32.1 Å². The molecule has 4 atom stereocenters. The van der Waals surface area contributed by atoms with E-state index in [4.69, 9.17) is 18.3 Å². The van der Waals surface area contributed by atoms with Crippen molar-refractivity contribution in [3.05, 3.63) is 48.0 Å². The molecule has 0 spiro atoms. The number of unbranched alkanes of at least 4 members (excludes halogenated alkanes) is 4. The van der Waals surface area contributed by atoms with Gasteiger partial charge in [-0.1, -0.05) is 110 Å². The van der Waals surface area contributed by atoms with Gasteiger partial charge in [0, 0.05) is 6.61 Å². The van der Waals surface area contributed by atoms with Crippen LogP contribution in [0.3, 0.4) is 0 Å². The van der Waals surface area contributed by atoms with Crippen LogP contribution in [0.5, 0.6) is 0 Å². The summed E-state index contributed by atoms with van der Waals surface area (Å²) in [6.45, 7) is 26.9. The minimum atomic E-state index is -1.92. The molecule has 0 radical (unpaired) electrons. The summed E-state index contributed by atoms with van der Waals surface area (Å²) < 4.78 is 27.3. The van der Waals surface area contributed by atoms with Crippen LogP contribution in [0, 0.1) is 0 Å². The van der Waals surface area contributed by atoms with Crippen LogP contribution in [0.1, 0.15) is 118 Å². The molecule has 1 aromatic rings. The summed E-state index contributed by atoms with van der Waals surface area (Å²) in [5.41, 5.74) is 1.20. The van der Waals surface area contributed by atoms with E-state index in [1.807, 2.05) is 0 Å². The van der Waals surface area contributed by atoms with Crippen LogP contribution in [0.15, 0.2) is 42.5 Å². The van der Waals surface area contributed by atoms with Crippen LogP contribution in [-0.4, -0.2) is 47.7 Å². The monoisotopic (exact) mass is 632 g/mol. The average molecular weight is 633 g/mol. The highest BCUT2D eigenvalue weighted by Gasteiger charge is 2.44. The van der Waals surface area contributed by atoms with Crippen molar-refractivity contribution in [1.82, 2.24) is 0 Å². The third kappa shape index (κ3) is 13.2. The van der Waals surface area contributed by atoms with Crippen LogP contribution < -0.4 is 0 Å². The van der Waals surface area contributed by atoms with Gasteiger partial charge in [-0.25, -0.2) is 0 Å². The third-order valence-electron chi connectivity index (χ3n) is 10.2. The van der Waals surface area contributed by atoms with Gasteiger partial charge in [-0.05, 0) is 86.8 Å². The number of rotatable bonds is 18. The molecule has 1 aliphatic rings. The van der Waals surface area contributed by atoms with Gasteiger partial charge in [-0.15, -0.1) is 0 Å². The maximum atomic E-state index is 7.03. The van der Waals surface area contributed by atoms with Crippen molar-refractivity contribution in [1.29, 1.82) is 0 Å². The fraction of sp³-hybridized carbons (Fsp3) is 0.784. The molecule has 43 heavy (non-hydrogen) atoms. The second kappa shape index (κ2) is 17.8. The summed E-state index contributed by atoms with van der Waals surface area (Å²) in [4.78, 5) is 0. The van der Waals surface area contributed by atoms with Crippen molar-refractivity contribution in [2.24, 2.45) is 0 Å². The van der Waals surface area contributed by atoms with E-state index in [1.165, 1.54) is 37.7 Å². The van der Waals surface area contributed by atoms with Crippen LogP contribution in [0.25, 0.3) is 0 Å². The van der Waals surface area contributed by atoms with Gasteiger partial charge in [0.2, 0.25) is 0 Å². The Morgan fingerprint density at radius 2 is 1.51 bits per heavy atom. The Balaban J connectivity index is 2.15. The normalized spacial score (nSPS) is 21.4. The number of hydrogen-bond acceptors (Lipinski definition) is 4. The molecule has 1 saturated heterocycles. The quantitative estimate of drug-likeness (QED) is 0.0916. The van der Waals surface area contributed by atoms with Crippen molar-refractivity contribution in [2.75, 3.05) is 6.61 Å². The van der Waals surface area contributed by atoms with Gasteiger partial charge in [0.15, 0.2) is 16.6 Å². The van der Waals surface area contributed by atoms with Gasteiger partial charge < -0.3 is 18.3 Å². The molecular weight excluding hydrogens is 565 g/mol. The molecule has 4 nitrogen and oxygen atoms in total. The fourth-order valence-corrected chi connectivity index (χ4v) is 7.54. The molecule has 1 aliphatic heterocycles. The summed E-state index contributed by atoms with van der Waals surface area (Å²) in [5.74, 6) is 0. The van der Waals surface area contributed by atoms with E-state index in [0.29, 0.717) is 13.2 Å². The molecule has 1 fully saturated rings. The Kier molecular flexibility index (Phi) is 15.9. The lowest BCUT2D eigenvalue weighted by atomic mass is 9.94. The zero-order chi connectivity index (χ0) is 32.2. The SMILES string of the molecule is CCCCCC/C=C\CC[C@@H]1O[C@H]([C@H](CCO[Si](C)(C)C(C)(C)C)OCc2ccccc2)CC[C@H]1O[Si](C)(C)C(C)(C)C. The summed E-state index contributed by atoms with van der Waals surface area (Å²) in [7, 11) is -3.75. The van der Waals surface area contributed by atoms with Crippen LogP contribution in [0.4, 0.5) is 0 Å². The highest BCUT2D eigenvalue weighted by atomic mass is 28.4. The molecule has 6 heteroatoms. The van der Waals surface area contributed by atoms with Gasteiger partial charge in [-0.3, -0.25) is 0 Å². The number of benzene rings is 1. The van der Waals surface area contributed by atoms with Gasteiger partial charge >= 0.3 is 0 Å². The van der Waals surface area contributed by atoms with Crippen molar-refractivity contribution >= 4 is 16.6 Å². The predicted molar refractivity (Wildman–Crippen MR) is 190 cm³/mol. The van der Waals surface area contributed by atoms with Crippen LogP contribution >= 0.6 is 0 Å². The average Bonchev–Trinajstić information content (AvgIpc) is 2.92. The lowest BCUT2D eigenvalue weighted by Crippen LogP contribution is -2.52. The smallest absolute Gasteiger partial charge is 0.192 e. The van der Waals surface area contributed by atoms with Crippen LogP contribution in [0.2, 0.25) is 36.3 Å². The molecule has 0 saturated carbocycles. The highest BCUT2D eigenvalue weighted by Crippen LogP contribution is 2.41. The van der Waals surface area contributed by atoms with E-state index in [-0.39, 0.29) is 34.5 Å². The Bertz CT molecular complexity index is 917. The largest absolute Gasteiger partial charge is 0.417 e. The van der Waals surface area contributed by atoms with Gasteiger partial charge in [0.1, 0.15) is 0 Å². The molecule has 0 unspecified atom stereocenters. The zero-order valence-corrected chi connectivity index (χ0v) is 32.0. The Hall–Kier alpha value is -0.766. The molecule has 2 rings (SSSR count). The van der Waals surface area contributed by atoms with Gasteiger partial charge in [0.05, 0.1) is 31.0 Å². The minimum absolute atomic E-state index is 0.00426. The molecule has 1 aromatic carbocycles. The predicted octanol–water partition coefficient (Wildman–Crippen LogP) is 11.2. The zero-order valence-electron chi connectivity index (χ0n) is 30.0. The molecule has 0 aromatic heterocycles. The Morgan fingerprint density at radius 1 is 0.860 bits per heavy atom. The van der Waals surface area contributed by atoms with Crippen LogP contribution in [-0.2, 0) is 24.9 Å². The number of hydrogen-bond donors (Lipinski definition) is 0. The minimum Gasteiger partial charge on any atom is -0.417 e.